The van der Waals surface area contributed by atoms with Crippen LogP contribution >= 0.6 is 15.9 Å². The van der Waals surface area contributed by atoms with E-state index in [9.17, 15) is 4.79 Å². The van der Waals surface area contributed by atoms with Crippen LogP contribution in [0, 0.1) is 0 Å². The zero-order chi connectivity index (χ0) is 9.56. The van der Waals surface area contributed by atoms with Gasteiger partial charge in [-0.05, 0) is 11.4 Å². The van der Waals surface area contributed by atoms with Gasteiger partial charge >= 0.3 is 0 Å². The van der Waals surface area contributed by atoms with Crippen LogP contribution in [0.4, 0.5) is 0 Å². The number of Topliss-reactive ketones (excluding diaryl/α,β-unsaturated/α-hetero) is 1. The molecule has 0 bridgehead atoms. The van der Waals surface area contributed by atoms with E-state index in [0.29, 0.717) is 5.57 Å². The predicted molar refractivity (Wildman–Crippen MR) is 55.0 cm³/mol. The Balaban J connectivity index is 4.55. The van der Waals surface area contributed by atoms with Crippen molar-refractivity contribution >= 4 is 21.7 Å². The quantitative estimate of drug-likeness (QED) is 0.592. The first-order valence-corrected chi connectivity index (χ1v) is 4.31. The average Bonchev–Trinajstić information content (AvgIpc) is 2.04. The molecule has 3 heteroatoms. The van der Waals surface area contributed by atoms with E-state index in [4.69, 9.17) is 5.73 Å². The summed E-state index contributed by atoms with van der Waals surface area (Å²) in [6, 6.07) is 0. The Labute approximate surface area is 81.0 Å². The Morgan fingerprint density at radius 2 is 2.17 bits per heavy atom. The summed E-state index contributed by atoms with van der Waals surface area (Å²) in [6.07, 6.45) is 4.97. The van der Waals surface area contributed by atoms with E-state index in [0.717, 1.165) is 4.48 Å². The zero-order valence-electron chi connectivity index (χ0n) is 7.01. The first kappa shape index (κ1) is 11.3. The molecular formula is C9H12BrNO. The van der Waals surface area contributed by atoms with Crippen LogP contribution in [0.5, 0.6) is 0 Å². The van der Waals surface area contributed by atoms with Crippen LogP contribution in [-0.2, 0) is 4.79 Å². The topological polar surface area (TPSA) is 43.1 Å². The van der Waals surface area contributed by atoms with Gasteiger partial charge in [0.05, 0.1) is 6.54 Å². The standard InChI is InChI=1S/C9H12BrNO/c1-3-8(9(12)6-11)5-4-7(2)10/h3-5H,1,6,11H2,2H3/b7-4+,8-5+. The van der Waals surface area contributed by atoms with E-state index in [1.54, 1.807) is 12.2 Å². The number of rotatable bonds is 4. The first-order valence-electron chi connectivity index (χ1n) is 3.51. The second kappa shape index (κ2) is 5.91. The molecule has 0 atom stereocenters. The van der Waals surface area contributed by atoms with Gasteiger partial charge in [0.1, 0.15) is 0 Å². The lowest BCUT2D eigenvalue weighted by Gasteiger charge is -1.95. The third kappa shape index (κ3) is 4.26. The third-order valence-corrected chi connectivity index (χ3v) is 1.48. The number of carbonyl (C=O) groups excluding carboxylic acids is 1. The van der Waals surface area contributed by atoms with Crippen LogP contribution < -0.4 is 5.73 Å². The van der Waals surface area contributed by atoms with Crippen molar-refractivity contribution < 1.29 is 4.79 Å². The van der Waals surface area contributed by atoms with Crippen molar-refractivity contribution in [2.75, 3.05) is 6.54 Å². The van der Waals surface area contributed by atoms with E-state index in [2.05, 4.69) is 22.5 Å². The lowest BCUT2D eigenvalue weighted by Crippen LogP contribution is -2.14. The Morgan fingerprint density at radius 3 is 2.50 bits per heavy atom. The molecule has 0 aromatic carbocycles. The van der Waals surface area contributed by atoms with Crippen molar-refractivity contribution in [1.82, 2.24) is 0 Å². The molecule has 0 aromatic heterocycles. The molecule has 0 radical (unpaired) electrons. The highest BCUT2D eigenvalue weighted by molar-refractivity contribution is 9.11. The summed E-state index contributed by atoms with van der Waals surface area (Å²) >= 11 is 3.24. The SMILES string of the molecule is C=C/C(=C\C=C(/C)Br)C(=O)CN. The molecule has 0 aliphatic heterocycles. The van der Waals surface area contributed by atoms with Gasteiger partial charge in [0.15, 0.2) is 5.78 Å². The summed E-state index contributed by atoms with van der Waals surface area (Å²) < 4.78 is 0.951. The molecule has 0 unspecified atom stereocenters. The largest absolute Gasteiger partial charge is 0.324 e. The summed E-state index contributed by atoms with van der Waals surface area (Å²) in [6.45, 7) is 5.42. The maximum atomic E-state index is 11.0. The summed E-state index contributed by atoms with van der Waals surface area (Å²) in [5.74, 6) is -0.102. The Kier molecular flexibility index (Phi) is 5.58. The predicted octanol–water partition coefficient (Wildman–Crippen LogP) is 1.93. The average molecular weight is 230 g/mol. The number of ketones is 1. The number of carbonyl (C=O) groups is 1. The number of nitrogens with two attached hydrogens (primary N) is 1. The maximum absolute atomic E-state index is 11.0. The van der Waals surface area contributed by atoms with Gasteiger partial charge in [-0.15, -0.1) is 0 Å². The summed E-state index contributed by atoms with van der Waals surface area (Å²) in [4.78, 5) is 11.0. The van der Waals surface area contributed by atoms with Crippen LogP contribution in [0.3, 0.4) is 0 Å². The van der Waals surface area contributed by atoms with Gasteiger partial charge in [0.2, 0.25) is 0 Å². The molecule has 0 heterocycles. The molecule has 0 fully saturated rings. The van der Waals surface area contributed by atoms with Crippen molar-refractivity contribution in [2.24, 2.45) is 5.73 Å². The number of hydrogen-bond acceptors (Lipinski definition) is 2. The maximum Gasteiger partial charge on any atom is 0.176 e. The van der Waals surface area contributed by atoms with Crippen molar-refractivity contribution in [3.63, 3.8) is 0 Å². The minimum atomic E-state index is -0.102. The summed E-state index contributed by atoms with van der Waals surface area (Å²) in [5, 5.41) is 0. The minimum absolute atomic E-state index is 0.0209. The molecule has 66 valence electrons. The highest BCUT2D eigenvalue weighted by Gasteiger charge is 2.00. The molecule has 0 aliphatic carbocycles. The van der Waals surface area contributed by atoms with Crippen molar-refractivity contribution in [1.29, 1.82) is 0 Å². The molecule has 0 aromatic rings. The smallest absolute Gasteiger partial charge is 0.176 e. The number of allylic oxidation sites excluding steroid dienone is 4. The highest BCUT2D eigenvalue weighted by atomic mass is 79.9. The van der Waals surface area contributed by atoms with Crippen LogP contribution in [0.25, 0.3) is 0 Å². The Morgan fingerprint density at radius 1 is 1.58 bits per heavy atom. The molecule has 12 heavy (non-hydrogen) atoms. The summed E-state index contributed by atoms with van der Waals surface area (Å²) in [7, 11) is 0. The minimum Gasteiger partial charge on any atom is -0.324 e. The monoisotopic (exact) mass is 229 g/mol. The number of hydrogen-bond donors (Lipinski definition) is 1. The van der Waals surface area contributed by atoms with E-state index in [1.165, 1.54) is 6.08 Å². The number of halogens is 1. The van der Waals surface area contributed by atoms with E-state index >= 15 is 0 Å². The summed E-state index contributed by atoms with van der Waals surface area (Å²) in [5.41, 5.74) is 5.72. The lowest BCUT2D eigenvalue weighted by molar-refractivity contribution is -0.114. The van der Waals surface area contributed by atoms with Gasteiger partial charge in [-0.1, -0.05) is 40.7 Å². The molecule has 0 rings (SSSR count). The highest BCUT2D eigenvalue weighted by Crippen LogP contribution is 2.05. The Bertz CT molecular complexity index is 237. The van der Waals surface area contributed by atoms with Crippen LogP contribution in [0.2, 0.25) is 0 Å². The lowest BCUT2D eigenvalue weighted by atomic mass is 10.1. The molecule has 0 saturated carbocycles. The van der Waals surface area contributed by atoms with E-state index in [1.807, 2.05) is 6.92 Å². The first-order chi connectivity index (χ1) is 5.61. The molecule has 0 saturated heterocycles. The fraction of sp³-hybridized carbons (Fsp3) is 0.222. The van der Waals surface area contributed by atoms with Crippen molar-refractivity contribution in [2.45, 2.75) is 6.92 Å². The second-order valence-electron chi connectivity index (χ2n) is 2.21. The third-order valence-electron chi connectivity index (χ3n) is 1.22. The molecule has 2 N–H and O–H groups in total. The molecule has 0 aliphatic rings. The van der Waals surface area contributed by atoms with Gasteiger partial charge in [0.25, 0.3) is 0 Å². The van der Waals surface area contributed by atoms with Gasteiger partial charge in [-0.25, -0.2) is 0 Å². The Hall–Kier alpha value is -0.670. The molecule has 0 amide bonds. The van der Waals surface area contributed by atoms with E-state index in [-0.39, 0.29) is 12.3 Å². The van der Waals surface area contributed by atoms with Gasteiger partial charge in [-0.3, -0.25) is 4.79 Å². The fourth-order valence-corrected chi connectivity index (χ4v) is 0.729. The molecular weight excluding hydrogens is 218 g/mol. The molecule has 2 nitrogen and oxygen atoms in total. The molecule has 0 spiro atoms. The van der Waals surface area contributed by atoms with Crippen LogP contribution in [-0.4, -0.2) is 12.3 Å². The van der Waals surface area contributed by atoms with Gasteiger partial charge < -0.3 is 5.73 Å². The fourth-order valence-electron chi connectivity index (χ4n) is 0.597. The van der Waals surface area contributed by atoms with Gasteiger partial charge in [-0.2, -0.15) is 0 Å². The normalized spacial score (nSPS) is 12.9. The van der Waals surface area contributed by atoms with E-state index < -0.39 is 0 Å². The zero-order valence-corrected chi connectivity index (χ0v) is 8.60. The van der Waals surface area contributed by atoms with Crippen LogP contribution in [0.1, 0.15) is 6.92 Å². The van der Waals surface area contributed by atoms with Crippen molar-refractivity contribution in [3.8, 4) is 0 Å². The second-order valence-corrected chi connectivity index (χ2v) is 3.46. The van der Waals surface area contributed by atoms with Gasteiger partial charge in [0, 0.05) is 5.57 Å². The van der Waals surface area contributed by atoms with Crippen LogP contribution in [0.15, 0.2) is 34.9 Å². The van der Waals surface area contributed by atoms with Crippen molar-refractivity contribution in [3.05, 3.63) is 34.9 Å².